The summed E-state index contributed by atoms with van der Waals surface area (Å²) in [6, 6.07) is 4.18. The molecule has 0 aromatic carbocycles. The van der Waals surface area contributed by atoms with Gasteiger partial charge in [0.2, 0.25) is 0 Å². The van der Waals surface area contributed by atoms with Gasteiger partial charge in [0.25, 0.3) is 0 Å². The Hall–Kier alpha value is -0.670. The predicted molar refractivity (Wildman–Crippen MR) is 82.0 cm³/mol. The second kappa shape index (κ2) is 6.48. The Balaban J connectivity index is 2.00. The smallest absolute Gasteiger partial charge is 0.173 e. The lowest BCUT2D eigenvalue weighted by atomic mass is 9.93. The molecule has 18 heavy (non-hydrogen) atoms. The van der Waals surface area contributed by atoms with Crippen LogP contribution in [0.15, 0.2) is 17.5 Å². The van der Waals surface area contributed by atoms with E-state index in [0.717, 1.165) is 17.7 Å². The van der Waals surface area contributed by atoms with Gasteiger partial charge in [0.15, 0.2) is 5.78 Å². The first-order valence-corrected chi connectivity index (χ1v) is 8.44. The molecule has 0 aliphatic heterocycles. The van der Waals surface area contributed by atoms with Gasteiger partial charge in [0, 0.05) is 15.8 Å². The Morgan fingerprint density at radius 2 is 2.17 bits per heavy atom. The van der Waals surface area contributed by atoms with Gasteiger partial charge in [-0.15, -0.1) is 22.7 Å². The quantitative estimate of drug-likeness (QED) is 0.590. The molecule has 0 spiro atoms. The first-order chi connectivity index (χ1) is 8.74. The summed E-state index contributed by atoms with van der Waals surface area (Å²) in [4.78, 5) is 13.2. The maximum atomic E-state index is 12.3. The van der Waals surface area contributed by atoms with Gasteiger partial charge in [-0.3, -0.25) is 4.79 Å². The Kier molecular flexibility index (Phi) is 4.95. The molecule has 1 unspecified atom stereocenters. The molecule has 0 aliphatic carbocycles. The fourth-order valence-electron chi connectivity index (χ4n) is 2.21. The van der Waals surface area contributed by atoms with Gasteiger partial charge in [-0.05, 0) is 23.4 Å². The molecule has 3 heteroatoms. The number of hydrogen-bond acceptors (Lipinski definition) is 3. The second-order valence-corrected chi connectivity index (χ2v) is 6.84. The summed E-state index contributed by atoms with van der Waals surface area (Å²) >= 11 is 3.37. The van der Waals surface area contributed by atoms with Gasteiger partial charge >= 0.3 is 0 Å². The van der Waals surface area contributed by atoms with E-state index < -0.39 is 0 Å². The summed E-state index contributed by atoms with van der Waals surface area (Å²) in [6.07, 6.45) is 5.50. The average molecular weight is 280 g/mol. The number of carbonyl (C=O) groups excluding carboxylic acids is 1. The fraction of sp³-hybridized carbons (Fsp3) is 0.533. The molecule has 0 saturated heterocycles. The van der Waals surface area contributed by atoms with Crippen LogP contribution in [-0.4, -0.2) is 5.78 Å². The molecule has 0 aliphatic rings. The standard InChI is InChI=1S/C15H20OS2/c1-3-5-6-11(4-2)9-12(16)14-10-15-13(18-14)7-8-17-15/h7-8,10-11H,3-6,9H2,1-2H3. The minimum Gasteiger partial charge on any atom is -0.293 e. The molecule has 1 atom stereocenters. The minimum absolute atomic E-state index is 0.339. The van der Waals surface area contributed by atoms with E-state index in [4.69, 9.17) is 0 Å². The zero-order valence-electron chi connectivity index (χ0n) is 11.1. The molecule has 2 rings (SSSR count). The number of Topliss-reactive ketones (excluding diaryl/α,β-unsaturated/α-hetero) is 1. The summed E-state index contributed by atoms with van der Waals surface area (Å²) in [5.41, 5.74) is 0. The van der Waals surface area contributed by atoms with Crippen molar-refractivity contribution in [2.24, 2.45) is 5.92 Å². The molecule has 0 fully saturated rings. The monoisotopic (exact) mass is 280 g/mol. The highest BCUT2D eigenvalue weighted by Crippen LogP contribution is 2.31. The molecular formula is C15H20OS2. The first-order valence-electron chi connectivity index (χ1n) is 6.74. The summed E-state index contributed by atoms with van der Waals surface area (Å²) in [5.74, 6) is 0.906. The highest BCUT2D eigenvalue weighted by atomic mass is 32.1. The second-order valence-electron chi connectivity index (χ2n) is 4.80. The summed E-state index contributed by atoms with van der Waals surface area (Å²) in [5, 5.41) is 2.09. The van der Waals surface area contributed by atoms with E-state index in [1.54, 1.807) is 22.7 Å². The molecule has 0 N–H and O–H groups in total. The highest BCUT2D eigenvalue weighted by Gasteiger charge is 2.16. The van der Waals surface area contributed by atoms with E-state index in [1.807, 2.05) is 0 Å². The molecule has 0 amide bonds. The third-order valence-electron chi connectivity index (χ3n) is 3.43. The first kappa shape index (κ1) is 13.8. The van der Waals surface area contributed by atoms with E-state index in [-0.39, 0.29) is 0 Å². The van der Waals surface area contributed by atoms with Crippen LogP contribution in [0.3, 0.4) is 0 Å². The maximum Gasteiger partial charge on any atom is 0.173 e. The largest absolute Gasteiger partial charge is 0.293 e. The topological polar surface area (TPSA) is 17.1 Å². The predicted octanol–water partition coefficient (Wildman–Crippen LogP) is 5.75. The molecule has 2 aromatic heterocycles. The van der Waals surface area contributed by atoms with Crippen LogP contribution in [0.4, 0.5) is 0 Å². The van der Waals surface area contributed by atoms with E-state index >= 15 is 0 Å². The van der Waals surface area contributed by atoms with Crippen molar-refractivity contribution in [1.82, 2.24) is 0 Å². The number of unbranched alkanes of at least 4 members (excludes halogenated alkanes) is 1. The van der Waals surface area contributed by atoms with Gasteiger partial charge in [0.05, 0.1) is 4.88 Å². The zero-order chi connectivity index (χ0) is 13.0. The zero-order valence-corrected chi connectivity index (χ0v) is 12.7. The van der Waals surface area contributed by atoms with Crippen molar-refractivity contribution < 1.29 is 4.79 Å². The average Bonchev–Trinajstić information content (AvgIpc) is 2.94. The number of thiophene rings is 2. The van der Waals surface area contributed by atoms with Crippen molar-refractivity contribution in [2.45, 2.75) is 46.0 Å². The molecule has 98 valence electrons. The maximum absolute atomic E-state index is 12.3. The van der Waals surface area contributed by atoms with Crippen molar-refractivity contribution in [3.8, 4) is 0 Å². The van der Waals surface area contributed by atoms with Crippen LogP contribution in [-0.2, 0) is 0 Å². The highest BCUT2D eigenvalue weighted by molar-refractivity contribution is 7.27. The summed E-state index contributed by atoms with van der Waals surface area (Å²) < 4.78 is 2.51. The molecule has 1 nitrogen and oxygen atoms in total. The van der Waals surface area contributed by atoms with Crippen molar-refractivity contribution >= 4 is 37.9 Å². The van der Waals surface area contributed by atoms with E-state index in [9.17, 15) is 4.79 Å². The van der Waals surface area contributed by atoms with Crippen molar-refractivity contribution in [3.63, 3.8) is 0 Å². The molecule has 2 heterocycles. The molecular weight excluding hydrogens is 260 g/mol. The van der Waals surface area contributed by atoms with Crippen LogP contribution in [0.5, 0.6) is 0 Å². The Bertz CT molecular complexity index is 481. The lowest BCUT2D eigenvalue weighted by molar-refractivity contribution is 0.0961. The summed E-state index contributed by atoms with van der Waals surface area (Å²) in [6.45, 7) is 4.41. The normalized spacial score (nSPS) is 13.0. The van der Waals surface area contributed by atoms with Crippen molar-refractivity contribution in [3.05, 3.63) is 22.4 Å². The molecule has 0 saturated carbocycles. The molecule has 0 radical (unpaired) electrons. The molecule has 0 bridgehead atoms. The van der Waals surface area contributed by atoms with E-state index in [0.29, 0.717) is 11.7 Å². The number of carbonyl (C=O) groups is 1. The SMILES string of the molecule is CCCCC(CC)CC(=O)c1cc2sccc2s1. The lowest BCUT2D eigenvalue weighted by Gasteiger charge is -2.12. The van der Waals surface area contributed by atoms with Gasteiger partial charge in [0.1, 0.15) is 0 Å². The van der Waals surface area contributed by atoms with Gasteiger partial charge in [-0.1, -0.05) is 39.5 Å². The van der Waals surface area contributed by atoms with Crippen molar-refractivity contribution in [2.75, 3.05) is 0 Å². The number of ketones is 1. The van der Waals surface area contributed by atoms with E-state index in [1.165, 1.54) is 28.7 Å². The number of rotatable bonds is 7. The van der Waals surface area contributed by atoms with Crippen LogP contribution < -0.4 is 0 Å². The van der Waals surface area contributed by atoms with Gasteiger partial charge in [-0.25, -0.2) is 0 Å². The van der Waals surface area contributed by atoms with E-state index in [2.05, 4.69) is 31.4 Å². The summed E-state index contributed by atoms with van der Waals surface area (Å²) in [7, 11) is 0. The van der Waals surface area contributed by atoms with Crippen molar-refractivity contribution in [1.29, 1.82) is 0 Å². The third-order valence-corrected chi connectivity index (χ3v) is 5.57. The van der Waals surface area contributed by atoms with Crippen LogP contribution in [0.1, 0.15) is 55.6 Å². The van der Waals surface area contributed by atoms with Crippen LogP contribution >= 0.6 is 22.7 Å². The Morgan fingerprint density at radius 1 is 1.33 bits per heavy atom. The third kappa shape index (κ3) is 3.21. The van der Waals surface area contributed by atoms with Crippen LogP contribution in [0.25, 0.3) is 9.40 Å². The van der Waals surface area contributed by atoms with Gasteiger partial charge < -0.3 is 0 Å². The Labute approximate surface area is 117 Å². The lowest BCUT2D eigenvalue weighted by Crippen LogP contribution is -2.07. The fourth-order valence-corrected chi connectivity index (χ4v) is 4.27. The van der Waals surface area contributed by atoms with Gasteiger partial charge in [-0.2, -0.15) is 0 Å². The minimum atomic E-state index is 0.339. The molecule has 2 aromatic rings. The van der Waals surface area contributed by atoms with Crippen LogP contribution in [0, 0.1) is 5.92 Å². The number of fused-ring (bicyclic) bond motifs is 1. The van der Waals surface area contributed by atoms with Crippen LogP contribution in [0.2, 0.25) is 0 Å². The Morgan fingerprint density at radius 3 is 2.83 bits per heavy atom. The number of hydrogen-bond donors (Lipinski definition) is 0.